The van der Waals surface area contributed by atoms with Crippen molar-refractivity contribution >= 4 is 28.9 Å². The lowest BCUT2D eigenvalue weighted by Crippen LogP contribution is -2.13. The van der Waals surface area contributed by atoms with Crippen LogP contribution in [0.2, 0.25) is 5.02 Å². The summed E-state index contributed by atoms with van der Waals surface area (Å²) in [4.78, 5) is 13.1. The van der Waals surface area contributed by atoms with Crippen LogP contribution in [-0.2, 0) is 6.42 Å². The van der Waals surface area contributed by atoms with Gasteiger partial charge in [-0.2, -0.15) is 0 Å². The molecule has 1 heterocycles. The van der Waals surface area contributed by atoms with Crippen molar-refractivity contribution in [1.82, 2.24) is 0 Å². The lowest BCUT2D eigenvalue weighted by Gasteiger charge is -2.20. The normalized spacial score (nSPS) is 13.4. The molecule has 1 N–H and O–H groups in total. The number of fused-ring (bicyclic) bond motifs is 1. The number of hydrogen-bond acceptors (Lipinski definition) is 2. The first-order chi connectivity index (χ1) is 9.16. The van der Waals surface area contributed by atoms with Crippen molar-refractivity contribution < 1.29 is 9.90 Å². The largest absolute Gasteiger partial charge is 0.478 e. The van der Waals surface area contributed by atoms with E-state index in [9.17, 15) is 4.79 Å². The van der Waals surface area contributed by atoms with Crippen molar-refractivity contribution in [2.75, 3.05) is 11.4 Å². The van der Waals surface area contributed by atoms with E-state index in [4.69, 9.17) is 16.7 Å². The van der Waals surface area contributed by atoms with Crippen molar-refractivity contribution in [3.8, 4) is 0 Å². The maximum absolute atomic E-state index is 11.0. The Morgan fingerprint density at radius 3 is 2.74 bits per heavy atom. The van der Waals surface area contributed by atoms with E-state index in [-0.39, 0.29) is 10.6 Å². The molecule has 0 saturated carbocycles. The molecule has 0 saturated heterocycles. The summed E-state index contributed by atoms with van der Waals surface area (Å²) < 4.78 is 0. The molecule has 0 aromatic heterocycles. The molecule has 2 aromatic carbocycles. The second-order valence-corrected chi connectivity index (χ2v) is 4.91. The highest BCUT2D eigenvalue weighted by Gasteiger charge is 2.20. The molecule has 1 aliphatic rings. The Labute approximate surface area is 116 Å². The molecule has 0 amide bonds. The van der Waals surface area contributed by atoms with Crippen LogP contribution in [0.25, 0.3) is 0 Å². The zero-order valence-corrected chi connectivity index (χ0v) is 10.9. The number of rotatable bonds is 2. The van der Waals surface area contributed by atoms with Gasteiger partial charge in [-0.05, 0) is 36.2 Å². The van der Waals surface area contributed by atoms with Crippen molar-refractivity contribution in [3.05, 3.63) is 58.6 Å². The highest BCUT2D eigenvalue weighted by Crippen LogP contribution is 2.35. The third kappa shape index (κ3) is 2.06. The predicted molar refractivity (Wildman–Crippen MR) is 75.6 cm³/mol. The van der Waals surface area contributed by atoms with Crippen LogP contribution in [0, 0.1) is 0 Å². The molecule has 0 aliphatic carbocycles. The Hall–Kier alpha value is -2.00. The van der Waals surface area contributed by atoms with Crippen molar-refractivity contribution in [2.45, 2.75) is 6.42 Å². The Balaban J connectivity index is 2.01. The van der Waals surface area contributed by atoms with E-state index in [1.807, 2.05) is 12.1 Å². The maximum atomic E-state index is 11.0. The van der Waals surface area contributed by atoms with Gasteiger partial charge < -0.3 is 10.0 Å². The van der Waals surface area contributed by atoms with Gasteiger partial charge >= 0.3 is 5.97 Å². The number of carboxylic acids is 1. The average Bonchev–Trinajstić information content (AvgIpc) is 2.82. The first-order valence-corrected chi connectivity index (χ1v) is 6.43. The first-order valence-electron chi connectivity index (χ1n) is 6.05. The molecule has 0 unspecified atom stereocenters. The zero-order chi connectivity index (χ0) is 13.4. The minimum atomic E-state index is -1.00. The van der Waals surface area contributed by atoms with Gasteiger partial charge in [-0.3, -0.25) is 0 Å². The van der Waals surface area contributed by atoms with Gasteiger partial charge in [-0.1, -0.05) is 29.8 Å². The Kier molecular flexibility index (Phi) is 2.91. The first kappa shape index (κ1) is 12.1. The number of halogens is 1. The van der Waals surface area contributed by atoms with Gasteiger partial charge in [0, 0.05) is 17.9 Å². The summed E-state index contributed by atoms with van der Waals surface area (Å²) in [6.07, 6.45) is 0.995. The summed E-state index contributed by atoms with van der Waals surface area (Å²) in [5.74, 6) is -1.00. The molecule has 3 nitrogen and oxygen atoms in total. The minimum absolute atomic E-state index is 0.137. The average molecular weight is 274 g/mol. The molecular weight excluding hydrogens is 262 g/mol. The molecule has 4 heteroatoms. The third-order valence-electron chi connectivity index (χ3n) is 3.38. The van der Waals surface area contributed by atoms with Crippen LogP contribution < -0.4 is 4.90 Å². The van der Waals surface area contributed by atoms with Crippen LogP contribution in [0.3, 0.4) is 0 Å². The van der Waals surface area contributed by atoms with E-state index in [1.54, 1.807) is 18.2 Å². The Morgan fingerprint density at radius 1 is 1.21 bits per heavy atom. The number of nitrogens with zero attached hydrogens (tertiary/aromatic N) is 1. The molecular formula is C15H12ClNO2. The van der Waals surface area contributed by atoms with Gasteiger partial charge in [0.1, 0.15) is 0 Å². The summed E-state index contributed by atoms with van der Waals surface area (Å²) in [7, 11) is 0. The fraction of sp³-hybridized carbons (Fsp3) is 0.133. The monoisotopic (exact) mass is 273 g/mol. The molecule has 3 rings (SSSR count). The van der Waals surface area contributed by atoms with Gasteiger partial charge in [0.05, 0.1) is 10.6 Å². The minimum Gasteiger partial charge on any atom is -0.478 e. The molecule has 0 fully saturated rings. The lowest BCUT2D eigenvalue weighted by molar-refractivity contribution is 0.0697. The number of para-hydroxylation sites is 1. The van der Waals surface area contributed by atoms with E-state index < -0.39 is 5.97 Å². The summed E-state index contributed by atoms with van der Waals surface area (Å²) in [6, 6.07) is 13.3. The summed E-state index contributed by atoms with van der Waals surface area (Å²) >= 11 is 6.02. The number of carbonyl (C=O) groups is 1. The highest BCUT2D eigenvalue weighted by molar-refractivity contribution is 6.33. The quantitative estimate of drug-likeness (QED) is 0.906. The molecule has 0 radical (unpaired) electrons. The van der Waals surface area contributed by atoms with E-state index in [0.717, 1.165) is 18.7 Å². The zero-order valence-electron chi connectivity index (χ0n) is 10.1. The van der Waals surface area contributed by atoms with Gasteiger partial charge in [0.2, 0.25) is 0 Å². The lowest BCUT2D eigenvalue weighted by atomic mass is 10.1. The summed E-state index contributed by atoms with van der Waals surface area (Å²) in [6.45, 7) is 0.891. The smallest absolute Gasteiger partial charge is 0.337 e. The summed E-state index contributed by atoms with van der Waals surface area (Å²) in [5.41, 5.74) is 3.54. The second kappa shape index (κ2) is 4.59. The second-order valence-electron chi connectivity index (χ2n) is 4.50. The van der Waals surface area contributed by atoms with Crippen LogP contribution >= 0.6 is 11.6 Å². The number of hydrogen-bond donors (Lipinski definition) is 1. The van der Waals surface area contributed by atoms with Gasteiger partial charge in [0.15, 0.2) is 0 Å². The van der Waals surface area contributed by atoms with E-state index in [1.165, 1.54) is 11.3 Å². The highest BCUT2D eigenvalue weighted by atomic mass is 35.5. The van der Waals surface area contributed by atoms with Gasteiger partial charge in [0.25, 0.3) is 0 Å². The molecule has 1 aliphatic heterocycles. The molecule has 2 aromatic rings. The van der Waals surface area contributed by atoms with Crippen LogP contribution in [0.5, 0.6) is 0 Å². The molecule has 0 spiro atoms. The number of anilines is 2. The van der Waals surface area contributed by atoms with E-state index in [0.29, 0.717) is 0 Å². The Bertz CT molecular complexity index is 654. The topological polar surface area (TPSA) is 40.5 Å². The molecule has 0 bridgehead atoms. The van der Waals surface area contributed by atoms with E-state index in [2.05, 4.69) is 17.0 Å². The van der Waals surface area contributed by atoms with Crippen molar-refractivity contribution in [3.63, 3.8) is 0 Å². The van der Waals surface area contributed by atoms with Crippen LogP contribution in [0.4, 0.5) is 11.4 Å². The SMILES string of the molecule is O=C(O)c1ccc(N2CCc3ccccc32)cc1Cl. The van der Waals surface area contributed by atoms with Crippen LogP contribution in [-0.4, -0.2) is 17.6 Å². The predicted octanol–water partition coefficient (Wildman–Crippen LogP) is 3.73. The van der Waals surface area contributed by atoms with Crippen molar-refractivity contribution in [1.29, 1.82) is 0 Å². The third-order valence-corrected chi connectivity index (χ3v) is 3.69. The van der Waals surface area contributed by atoms with Crippen molar-refractivity contribution in [2.24, 2.45) is 0 Å². The maximum Gasteiger partial charge on any atom is 0.337 e. The standard InChI is InChI=1S/C15H12ClNO2/c16-13-9-11(5-6-12(13)15(18)19)17-8-7-10-3-1-2-4-14(10)17/h1-6,9H,7-8H2,(H,18,19). The van der Waals surface area contributed by atoms with Crippen LogP contribution in [0.1, 0.15) is 15.9 Å². The van der Waals surface area contributed by atoms with Crippen LogP contribution in [0.15, 0.2) is 42.5 Å². The molecule has 0 atom stereocenters. The van der Waals surface area contributed by atoms with E-state index >= 15 is 0 Å². The number of aromatic carboxylic acids is 1. The number of carboxylic acid groups (broad SMARTS) is 1. The fourth-order valence-electron chi connectivity index (χ4n) is 2.45. The van der Waals surface area contributed by atoms with Gasteiger partial charge in [-0.25, -0.2) is 4.79 Å². The molecule has 19 heavy (non-hydrogen) atoms. The fourth-order valence-corrected chi connectivity index (χ4v) is 2.71. The number of benzene rings is 2. The Morgan fingerprint density at radius 2 is 2.00 bits per heavy atom. The van der Waals surface area contributed by atoms with Gasteiger partial charge in [-0.15, -0.1) is 0 Å². The molecule has 96 valence electrons. The summed E-state index contributed by atoms with van der Waals surface area (Å²) in [5, 5.41) is 9.25.